The fourth-order valence-electron chi connectivity index (χ4n) is 3.75. The number of alkyl halides is 3. The van der Waals surface area contributed by atoms with E-state index in [2.05, 4.69) is 4.99 Å². The Balaban J connectivity index is 1.38. The maximum absolute atomic E-state index is 12.9. The molecule has 1 aliphatic carbocycles. The van der Waals surface area contributed by atoms with Gasteiger partial charge in [-0.05, 0) is 18.6 Å². The van der Waals surface area contributed by atoms with Crippen molar-refractivity contribution in [1.82, 2.24) is 14.7 Å². The van der Waals surface area contributed by atoms with Crippen LogP contribution in [0.3, 0.4) is 0 Å². The predicted molar refractivity (Wildman–Crippen MR) is 94.9 cm³/mol. The zero-order chi connectivity index (χ0) is 19.7. The monoisotopic (exact) mass is 400 g/mol. The molecule has 2 saturated heterocycles. The van der Waals surface area contributed by atoms with Gasteiger partial charge in [0.25, 0.3) is 6.02 Å². The third-order valence-electron chi connectivity index (χ3n) is 5.30. The van der Waals surface area contributed by atoms with Gasteiger partial charge in [-0.15, -0.1) is 0 Å². The molecule has 3 heterocycles. The molecule has 0 aromatic carbocycles. The number of allylic oxidation sites excluding steroid dienone is 2. The fourth-order valence-corrected chi connectivity index (χ4v) is 3.75. The molecule has 154 valence electrons. The lowest BCUT2D eigenvalue weighted by Crippen LogP contribution is -2.49. The number of amidine groups is 1. The summed E-state index contributed by atoms with van der Waals surface area (Å²) in [5, 5.41) is 0. The molecule has 0 radical (unpaired) electrons. The highest BCUT2D eigenvalue weighted by Gasteiger charge is 2.39. The number of aliphatic imine (C=N–C) groups is 1. The number of fused-ring (bicyclic) bond motifs is 1. The van der Waals surface area contributed by atoms with Crippen LogP contribution in [0.25, 0.3) is 0 Å². The van der Waals surface area contributed by atoms with Gasteiger partial charge in [-0.2, -0.15) is 13.2 Å². The van der Waals surface area contributed by atoms with Crippen LogP contribution in [0, 0.1) is 0 Å². The standard InChI is InChI=1S/C18H23F3N4O3/c19-18(20,21)13-2-3-15-14(12-13)22-16(28-15)23-4-1-5-24(7-6-23)17(26)25-8-10-27-11-9-25/h2-3,12,14-15H,1,4-11H2. The summed E-state index contributed by atoms with van der Waals surface area (Å²) >= 11 is 0. The minimum Gasteiger partial charge on any atom is -0.455 e. The fraction of sp³-hybridized carbons (Fsp3) is 0.667. The maximum atomic E-state index is 12.9. The van der Waals surface area contributed by atoms with E-state index in [9.17, 15) is 18.0 Å². The summed E-state index contributed by atoms with van der Waals surface area (Å²) in [7, 11) is 0. The third kappa shape index (κ3) is 3.96. The Morgan fingerprint density at radius 1 is 1.07 bits per heavy atom. The van der Waals surface area contributed by atoms with Gasteiger partial charge >= 0.3 is 12.2 Å². The van der Waals surface area contributed by atoms with E-state index in [0.717, 1.165) is 18.6 Å². The van der Waals surface area contributed by atoms with Crippen molar-refractivity contribution >= 4 is 12.1 Å². The van der Waals surface area contributed by atoms with Gasteiger partial charge in [0.15, 0.2) is 0 Å². The normalized spacial score (nSPS) is 28.3. The lowest BCUT2D eigenvalue weighted by atomic mass is 10.0. The van der Waals surface area contributed by atoms with Crippen LogP contribution in [0.1, 0.15) is 6.42 Å². The van der Waals surface area contributed by atoms with E-state index in [0.29, 0.717) is 58.5 Å². The third-order valence-corrected chi connectivity index (χ3v) is 5.30. The Hall–Kier alpha value is -2.23. The minimum absolute atomic E-state index is 0.00813. The molecule has 2 unspecified atom stereocenters. The van der Waals surface area contributed by atoms with E-state index in [4.69, 9.17) is 9.47 Å². The molecular weight excluding hydrogens is 377 g/mol. The van der Waals surface area contributed by atoms with E-state index in [-0.39, 0.29) is 6.03 Å². The number of amides is 2. The number of urea groups is 1. The van der Waals surface area contributed by atoms with Crippen LogP contribution in [-0.4, -0.2) is 97.6 Å². The molecule has 0 bridgehead atoms. The van der Waals surface area contributed by atoms with Crippen LogP contribution < -0.4 is 0 Å². The SMILES string of the molecule is O=C(N1CCOCC1)N1CCCN(C2=NC3C=C(C(F)(F)F)C=CC3O2)CC1. The van der Waals surface area contributed by atoms with Gasteiger partial charge in [0.1, 0.15) is 12.1 Å². The Morgan fingerprint density at radius 3 is 2.57 bits per heavy atom. The van der Waals surface area contributed by atoms with Crippen molar-refractivity contribution in [1.29, 1.82) is 0 Å². The molecule has 3 aliphatic heterocycles. The second-order valence-corrected chi connectivity index (χ2v) is 7.17. The predicted octanol–water partition coefficient (Wildman–Crippen LogP) is 1.63. The van der Waals surface area contributed by atoms with E-state index >= 15 is 0 Å². The van der Waals surface area contributed by atoms with Crippen LogP contribution >= 0.6 is 0 Å². The number of halogens is 3. The number of carbonyl (C=O) groups excluding carboxylic acids is 1. The second-order valence-electron chi connectivity index (χ2n) is 7.17. The van der Waals surface area contributed by atoms with Crippen LogP contribution in [0.4, 0.5) is 18.0 Å². The number of hydrogen-bond acceptors (Lipinski definition) is 5. The zero-order valence-electron chi connectivity index (χ0n) is 15.4. The first-order valence-corrected chi connectivity index (χ1v) is 9.50. The lowest BCUT2D eigenvalue weighted by Gasteiger charge is -2.32. The van der Waals surface area contributed by atoms with Gasteiger partial charge in [0.05, 0.1) is 18.8 Å². The van der Waals surface area contributed by atoms with Gasteiger partial charge in [-0.3, -0.25) is 0 Å². The molecule has 7 nitrogen and oxygen atoms in total. The second kappa shape index (κ2) is 7.65. The summed E-state index contributed by atoms with van der Waals surface area (Å²) in [6, 6.07) is -0.292. The quantitative estimate of drug-likeness (QED) is 0.620. The molecule has 2 amide bonds. The van der Waals surface area contributed by atoms with Gasteiger partial charge in [0.2, 0.25) is 0 Å². The molecule has 2 fully saturated rings. The van der Waals surface area contributed by atoms with Crippen LogP contribution in [0.2, 0.25) is 0 Å². The minimum atomic E-state index is -4.39. The summed E-state index contributed by atoms with van der Waals surface area (Å²) in [5.41, 5.74) is -0.694. The largest absolute Gasteiger partial charge is 0.455 e. The number of carbonyl (C=O) groups is 1. The molecule has 0 spiro atoms. The van der Waals surface area contributed by atoms with Gasteiger partial charge in [0, 0.05) is 39.3 Å². The number of nitrogens with zero attached hydrogens (tertiary/aromatic N) is 4. The zero-order valence-corrected chi connectivity index (χ0v) is 15.4. The summed E-state index contributed by atoms with van der Waals surface area (Å²) in [4.78, 5) is 22.6. The summed E-state index contributed by atoms with van der Waals surface area (Å²) in [5.74, 6) is 0. The molecule has 4 aliphatic rings. The van der Waals surface area contributed by atoms with Crippen molar-refractivity contribution in [3.8, 4) is 0 Å². The first kappa shape index (κ1) is 19.1. The highest BCUT2D eigenvalue weighted by molar-refractivity contribution is 5.78. The van der Waals surface area contributed by atoms with Crippen molar-refractivity contribution in [3.63, 3.8) is 0 Å². The highest BCUT2D eigenvalue weighted by Crippen LogP contribution is 2.33. The van der Waals surface area contributed by atoms with Gasteiger partial charge in [-0.1, -0.05) is 6.08 Å². The van der Waals surface area contributed by atoms with Crippen LogP contribution in [0.15, 0.2) is 28.8 Å². The average Bonchev–Trinajstić information content (AvgIpc) is 2.96. The van der Waals surface area contributed by atoms with Gasteiger partial charge < -0.3 is 24.2 Å². The molecule has 0 aromatic rings. The molecule has 0 N–H and O–H groups in total. The van der Waals surface area contributed by atoms with E-state index in [1.807, 2.05) is 9.80 Å². The van der Waals surface area contributed by atoms with E-state index < -0.39 is 23.9 Å². The van der Waals surface area contributed by atoms with Crippen molar-refractivity contribution in [2.45, 2.75) is 24.7 Å². The smallest absolute Gasteiger partial charge is 0.416 e. The van der Waals surface area contributed by atoms with Crippen molar-refractivity contribution < 1.29 is 27.4 Å². The maximum Gasteiger partial charge on any atom is 0.416 e. The number of hydrogen-bond donors (Lipinski definition) is 0. The number of morpholine rings is 1. The Labute approximate surface area is 161 Å². The Kier molecular flexibility index (Phi) is 5.22. The summed E-state index contributed by atoms with van der Waals surface area (Å²) in [6.45, 7) is 4.63. The highest BCUT2D eigenvalue weighted by atomic mass is 19.4. The van der Waals surface area contributed by atoms with Crippen molar-refractivity contribution in [2.75, 3.05) is 52.5 Å². The number of ether oxygens (including phenoxy) is 2. The molecule has 2 atom stereocenters. The van der Waals surface area contributed by atoms with E-state index in [1.165, 1.54) is 6.08 Å². The van der Waals surface area contributed by atoms with E-state index in [1.54, 1.807) is 4.90 Å². The molecule has 4 rings (SSSR count). The first-order valence-electron chi connectivity index (χ1n) is 9.50. The molecular formula is C18H23F3N4O3. The van der Waals surface area contributed by atoms with Gasteiger partial charge in [-0.25, -0.2) is 9.79 Å². The molecule has 0 saturated carbocycles. The van der Waals surface area contributed by atoms with Crippen LogP contribution in [-0.2, 0) is 9.47 Å². The molecule has 10 heteroatoms. The number of rotatable bonds is 0. The van der Waals surface area contributed by atoms with Crippen molar-refractivity contribution in [3.05, 3.63) is 23.8 Å². The summed E-state index contributed by atoms with van der Waals surface area (Å²) in [6.07, 6.45) is -0.573. The molecule has 28 heavy (non-hydrogen) atoms. The van der Waals surface area contributed by atoms with Crippen LogP contribution in [0.5, 0.6) is 0 Å². The summed E-state index contributed by atoms with van der Waals surface area (Å²) < 4.78 is 49.8. The average molecular weight is 400 g/mol. The Morgan fingerprint density at radius 2 is 1.82 bits per heavy atom. The van der Waals surface area contributed by atoms with Crippen molar-refractivity contribution in [2.24, 2.45) is 4.99 Å². The Bertz CT molecular complexity index is 701. The molecule has 0 aromatic heterocycles. The topological polar surface area (TPSA) is 57.6 Å². The lowest BCUT2D eigenvalue weighted by molar-refractivity contribution is -0.0889. The first-order chi connectivity index (χ1) is 13.4.